The number of rotatable bonds is 3. The normalized spacial score (nSPS) is 13.5. The summed E-state index contributed by atoms with van der Waals surface area (Å²) >= 11 is 0. The molecule has 19 heavy (non-hydrogen) atoms. The maximum Gasteiger partial charge on any atom is 0.418 e. The van der Waals surface area contributed by atoms with Crippen LogP contribution in [0.4, 0.5) is 13.2 Å². The van der Waals surface area contributed by atoms with Crippen LogP contribution >= 0.6 is 0 Å². The van der Waals surface area contributed by atoms with Crippen LogP contribution in [-0.4, -0.2) is 28.4 Å². The van der Waals surface area contributed by atoms with Gasteiger partial charge in [0, 0.05) is 25.8 Å². The van der Waals surface area contributed by atoms with Gasteiger partial charge >= 0.3 is 6.18 Å². The van der Waals surface area contributed by atoms with Crippen LogP contribution in [0.25, 0.3) is 11.5 Å². The van der Waals surface area contributed by atoms with E-state index in [0.29, 0.717) is 11.6 Å². The van der Waals surface area contributed by atoms with Crippen LogP contribution in [0.2, 0.25) is 0 Å². The number of aryl methyl sites for hydroxylation is 1. The van der Waals surface area contributed by atoms with Gasteiger partial charge in [0.2, 0.25) is 11.7 Å². The third-order valence-electron chi connectivity index (χ3n) is 2.38. The fraction of sp³-hybridized carbons (Fsp3) is 0.364. The second-order valence-corrected chi connectivity index (χ2v) is 3.77. The number of hydrogen-bond donors (Lipinski definition) is 0. The van der Waals surface area contributed by atoms with Crippen molar-refractivity contribution in [3.63, 3.8) is 0 Å². The monoisotopic (exact) mass is 273 g/mol. The number of hydrogen-bond acceptors (Lipinski definition) is 5. The zero-order chi connectivity index (χ0) is 14.0. The number of alkyl halides is 3. The highest BCUT2D eigenvalue weighted by molar-refractivity contribution is 5.48. The Balaban J connectivity index is 2.28. The van der Waals surface area contributed by atoms with Gasteiger partial charge in [0.1, 0.15) is 5.69 Å². The lowest BCUT2D eigenvalue weighted by Gasteiger charge is -2.18. The Labute approximate surface area is 106 Å². The molecule has 0 aliphatic heterocycles. The maximum atomic E-state index is 12.6. The molecule has 5 nitrogen and oxygen atoms in total. The van der Waals surface area contributed by atoms with Crippen molar-refractivity contribution in [2.45, 2.75) is 19.2 Å². The number of pyridine rings is 1. The molecule has 1 atom stereocenters. The van der Waals surface area contributed by atoms with Gasteiger partial charge in [-0.2, -0.15) is 18.2 Å². The third-order valence-corrected chi connectivity index (χ3v) is 2.38. The molecule has 0 radical (unpaired) electrons. The molecular formula is C11H10F3N3O2. The van der Waals surface area contributed by atoms with E-state index >= 15 is 0 Å². The van der Waals surface area contributed by atoms with E-state index in [-0.39, 0.29) is 11.4 Å². The zero-order valence-electron chi connectivity index (χ0n) is 10.1. The van der Waals surface area contributed by atoms with Gasteiger partial charge in [0.05, 0.1) is 0 Å². The molecule has 0 saturated carbocycles. The second kappa shape index (κ2) is 4.96. The number of halogens is 3. The molecule has 8 heteroatoms. The van der Waals surface area contributed by atoms with E-state index in [1.165, 1.54) is 12.1 Å². The Morgan fingerprint density at radius 2 is 2.05 bits per heavy atom. The SMILES string of the molecule is COC(c1ccc(-c2noc(C)n2)nc1)C(F)(F)F. The first-order chi connectivity index (χ1) is 8.91. The Kier molecular flexibility index (Phi) is 3.52. The van der Waals surface area contributed by atoms with Crippen LogP contribution in [-0.2, 0) is 4.74 Å². The van der Waals surface area contributed by atoms with Gasteiger partial charge in [-0.1, -0.05) is 11.2 Å². The highest BCUT2D eigenvalue weighted by Crippen LogP contribution is 2.35. The van der Waals surface area contributed by atoms with Gasteiger partial charge in [-0.25, -0.2) is 0 Å². The van der Waals surface area contributed by atoms with Crippen molar-refractivity contribution in [2.75, 3.05) is 7.11 Å². The molecule has 0 N–H and O–H groups in total. The molecule has 0 fully saturated rings. The van der Waals surface area contributed by atoms with Gasteiger partial charge in [0.15, 0.2) is 6.10 Å². The van der Waals surface area contributed by atoms with Crippen molar-refractivity contribution < 1.29 is 22.4 Å². The summed E-state index contributed by atoms with van der Waals surface area (Å²) in [7, 11) is 0.995. The molecule has 2 aromatic heterocycles. The lowest BCUT2D eigenvalue weighted by atomic mass is 10.1. The fourth-order valence-corrected chi connectivity index (χ4v) is 1.55. The van der Waals surface area contributed by atoms with Crippen molar-refractivity contribution in [1.82, 2.24) is 15.1 Å². The molecule has 0 aromatic carbocycles. The summed E-state index contributed by atoms with van der Waals surface area (Å²) in [6.07, 6.45) is -5.40. The topological polar surface area (TPSA) is 61.0 Å². The lowest BCUT2D eigenvalue weighted by molar-refractivity contribution is -0.216. The van der Waals surface area contributed by atoms with Crippen LogP contribution in [0, 0.1) is 6.92 Å². The molecule has 2 heterocycles. The van der Waals surface area contributed by atoms with Gasteiger partial charge in [-0.15, -0.1) is 0 Å². The first-order valence-corrected chi connectivity index (χ1v) is 5.28. The number of nitrogens with zero attached hydrogens (tertiary/aromatic N) is 3. The van der Waals surface area contributed by atoms with Crippen molar-refractivity contribution in [3.05, 3.63) is 29.8 Å². The highest BCUT2D eigenvalue weighted by Gasteiger charge is 2.41. The van der Waals surface area contributed by atoms with Gasteiger partial charge in [-0.05, 0) is 6.07 Å². The smallest absolute Gasteiger partial charge is 0.367 e. The fourth-order valence-electron chi connectivity index (χ4n) is 1.55. The summed E-state index contributed by atoms with van der Waals surface area (Å²) in [6, 6.07) is 2.66. The number of ether oxygens (including phenoxy) is 1. The largest absolute Gasteiger partial charge is 0.418 e. The third kappa shape index (κ3) is 2.90. The summed E-state index contributed by atoms with van der Waals surface area (Å²) in [6.45, 7) is 1.61. The first-order valence-electron chi connectivity index (χ1n) is 5.28. The summed E-state index contributed by atoms with van der Waals surface area (Å²) in [5, 5.41) is 3.63. The van der Waals surface area contributed by atoms with Gasteiger partial charge in [-0.3, -0.25) is 4.98 Å². The molecule has 0 bridgehead atoms. The minimum Gasteiger partial charge on any atom is -0.367 e. The van der Waals surface area contributed by atoms with E-state index in [2.05, 4.69) is 19.9 Å². The van der Waals surface area contributed by atoms with Crippen LogP contribution in [0.3, 0.4) is 0 Å². The van der Waals surface area contributed by atoms with E-state index in [1.807, 2.05) is 0 Å². The Morgan fingerprint density at radius 1 is 1.32 bits per heavy atom. The predicted octanol–water partition coefficient (Wildman–Crippen LogP) is 2.69. The van der Waals surface area contributed by atoms with Crippen LogP contribution in [0.15, 0.2) is 22.9 Å². The van der Waals surface area contributed by atoms with Gasteiger partial charge in [0.25, 0.3) is 0 Å². The van der Waals surface area contributed by atoms with E-state index in [4.69, 9.17) is 4.52 Å². The molecule has 2 rings (SSSR count). The van der Waals surface area contributed by atoms with E-state index in [9.17, 15) is 13.2 Å². The molecule has 1 unspecified atom stereocenters. The minimum absolute atomic E-state index is 0.0843. The van der Waals surface area contributed by atoms with Crippen molar-refractivity contribution in [3.8, 4) is 11.5 Å². The number of methoxy groups -OCH3 is 1. The van der Waals surface area contributed by atoms with E-state index < -0.39 is 12.3 Å². The van der Waals surface area contributed by atoms with Crippen LogP contribution < -0.4 is 0 Å². The Hall–Kier alpha value is -1.96. The van der Waals surface area contributed by atoms with Crippen molar-refractivity contribution >= 4 is 0 Å². The lowest BCUT2D eigenvalue weighted by Crippen LogP contribution is -2.22. The second-order valence-electron chi connectivity index (χ2n) is 3.77. The maximum absolute atomic E-state index is 12.6. The summed E-state index contributed by atoms with van der Waals surface area (Å²) in [4.78, 5) is 7.81. The molecule has 0 aliphatic carbocycles. The predicted molar refractivity (Wildman–Crippen MR) is 58.1 cm³/mol. The molecule has 0 spiro atoms. The quantitative estimate of drug-likeness (QED) is 0.860. The molecule has 0 amide bonds. The molecule has 0 saturated heterocycles. The minimum atomic E-state index is -4.49. The Morgan fingerprint density at radius 3 is 2.47 bits per heavy atom. The van der Waals surface area contributed by atoms with Crippen molar-refractivity contribution in [2.24, 2.45) is 0 Å². The highest BCUT2D eigenvalue weighted by atomic mass is 19.4. The molecular weight excluding hydrogens is 263 g/mol. The Bertz CT molecular complexity index is 551. The molecule has 102 valence electrons. The van der Waals surface area contributed by atoms with E-state index in [0.717, 1.165) is 13.3 Å². The number of aromatic nitrogens is 3. The summed E-state index contributed by atoms with van der Waals surface area (Å²) in [5.74, 6) is 0.580. The van der Waals surface area contributed by atoms with E-state index in [1.54, 1.807) is 6.92 Å². The van der Waals surface area contributed by atoms with Gasteiger partial charge < -0.3 is 9.26 Å². The summed E-state index contributed by atoms with van der Waals surface area (Å²) in [5.41, 5.74) is 0.247. The average molecular weight is 273 g/mol. The summed E-state index contributed by atoms with van der Waals surface area (Å²) < 4.78 is 47.1. The van der Waals surface area contributed by atoms with Crippen molar-refractivity contribution in [1.29, 1.82) is 0 Å². The van der Waals surface area contributed by atoms with Crippen LogP contribution in [0.5, 0.6) is 0 Å². The van der Waals surface area contributed by atoms with Crippen LogP contribution in [0.1, 0.15) is 17.6 Å². The average Bonchev–Trinajstić information content (AvgIpc) is 2.76. The zero-order valence-corrected chi connectivity index (χ0v) is 10.1. The first kappa shape index (κ1) is 13.5. The molecule has 2 aromatic rings. The molecule has 0 aliphatic rings. The standard InChI is InChI=1S/C11H10F3N3O2/c1-6-16-10(17-19-6)8-4-3-7(5-15-8)9(18-2)11(12,13)14/h3-5,9H,1-2H3.